The third kappa shape index (κ3) is 2.77. The van der Waals surface area contributed by atoms with Crippen LogP contribution in [-0.2, 0) is 6.54 Å². The minimum Gasteiger partial charge on any atom is -0.366 e. The molecule has 3 aromatic rings. The highest BCUT2D eigenvalue weighted by molar-refractivity contribution is 6.30. The van der Waals surface area contributed by atoms with Crippen molar-refractivity contribution in [2.45, 2.75) is 6.54 Å². The maximum atomic E-state index is 9.02. The van der Waals surface area contributed by atoms with Gasteiger partial charge in [-0.2, -0.15) is 14.9 Å². The average Bonchev–Trinajstić information content (AvgIpc) is 2.87. The first-order valence-corrected chi connectivity index (χ1v) is 6.85. The molecule has 0 atom stereocenters. The Balaban J connectivity index is 1.94. The Morgan fingerprint density at radius 3 is 2.90 bits per heavy atom. The zero-order valence-corrected chi connectivity index (χ0v) is 12.2. The fourth-order valence-electron chi connectivity index (χ4n) is 1.98. The highest BCUT2D eigenvalue weighted by Gasteiger charge is 2.10. The molecule has 104 valence electrons. The van der Waals surface area contributed by atoms with Crippen LogP contribution in [0.5, 0.6) is 0 Å². The molecule has 0 bridgehead atoms. The van der Waals surface area contributed by atoms with E-state index in [1.165, 1.54) is 6.20 Å². The molecule has 0 unspecified atom stereocenters. The number of hydrogen-bond acceptors (Lipinski definition) is 4. The maximum absolute atomic E-state index is 9.02. The van der Waals surface area contributed by atoms with Gasteiger partial charge in [0.1, 0.15) is 22.6 Å². The number of fused-ring (bicyclic) bond motifs is 1. The van der Waals surface area contributed by atoms with E-state index in [2.05, 4.69) is 15.4 Å². The van der Waals surface area contributed by atoms with Crippen LogP contribution in [0.3, 0.4) is 0 Å². The number of halogens is 2. The van der Waals surface area contributed by atoms with Gasteiger partial charge in [-0.05, 0) is 17.7 Å². The van der Waals surface area contributed by atoms with Crippen molar-refractivity contribution in [1.29, 1.82) is 5.26 Å². The fourth-order valence-corrected chi connectivity index (χ4v) is 2.37. The van der Waals surface area contributed by atoms with Gasteiger partial charge in [-0.3, -0.25) is 0 Å². The van der Waals surface area contributed by atoms with Crippen molar-refractivity contribution < 1.29 is 0 Å². The molecule has 21 heavy (non-hydrogen) atoms. The quantitative estimate of drug-likeness (QED) is 0.750. The molecule has 1 aromatic carbocycles. The highest BCUT2D eigenvalue weighted by Crippen LogP contribution is 2.19. The first kappa shape index (κ1) is 13.7. The summed E-state index contributed by atoms with van der Waals surface area (Å²) in [5.41, 5.74) is 1.83. The molecule has 0 fully saturated rings. The van der Waals surface area contributed by atoms with Crippen LogP contribution in [0.1, 0.15) is 11.1 Å². The molecule has 1 N–H and O–H groups in total. The summed E-state index contributed by atoms with van der Waals surface area (Å²) in [4.78, 5) is 4.12. The van der Waals surface area contributed by atoms with Gasteiger partial charge in [0.15, 0.2) is 5.65 Å². The van der Waals surface area contributed by atoms with Gasteiger partial charge in [0.25, 0.3) is 0 Å². The largest absolute Gasteiger partial charge is 0.366 e. The zero-order valence-electron chi connectivity index (χ0n) is 10.7. The Morgan fingerprint density at radius 1 is 1.29 bits per heavy atom. The van der Waals surface area contributed by atoms with Crippen molar-refractivity contribution in [2.75, 3.05) is 5.32 Å². The minimum atomic E-state index is 0.299. The van der Waals surface area contributed by atoms with Crippen LogP contribution in [0.25, 0.3) is 5.65 Å². The van der Waals surface area contributed by atoms with Gasteiger partial charge in [0.05, 0.1) is 6.20 Å². The van der Waals surface area contributed by atoms with E-state index in [9.17, 15) is 0 Å². The van der Waals surface area contributed by atoms with Crippen LogP contribution in [-0.4, -0.2) is 14.6 Å². The van der Waals surface area contributed by atoms with Crippen LogP contribution in [0.2, 0.25) is 10.2 Å². The number of nitrogens with zero attached hydrogens (tertiary/aromatic N) is 4. The molecule has 2 aromatic heterocycles. The summed E-state index contributed by atoms with van der Waals surface area (Å²) >= 11 is 12.0. The predicted octanol–water partition coefficient (Wildman–Crippen LogP) is 3.52. The molecule has 7 heteroatoms. The van der Waals surface area contributed by atoms with Gasteiger partial charge in [-0.1, -0.05) is 35.3 Å². The van der Waals surface area contributed by atoms with E-state index in [1.54, 1.807) is 10.6 Å². The Morgan fingerprint density at radius 2 is 2.14 bits per heavy atom. The standard InChI is InChI=1S/C14H9Cl2N5/c15-11-3-1-2-9(4-11)7-18-13-5-12(16)20-14-10(6-17)8-19-21(13)14/h1-5,8,18H,7H2. The summed E-state index contributed by atoms with van der Waals surface area (Å²) in [7, 11) is 0. The Labute approximate surface area is 130 Å². The first-order valence-electron chi connectivity index (χ1n) is 6.10. The lowest BCUT2D eigenvalue weighted by Gasteiger charge is -2.09. The summed E-state index contributed by atoms with van der Waals surface area (Å²) < 4.78 is 1.55. The van der Waals surface area contributed by atoms with Gasteiger partial charge in [0.2, 0.25) is 0 Å². The third-order valence-electron chi connectivity index (χ3n) is 2.92. The van der Waals surface area contributed by atoms with Crippen LogP contribution in [0, 0.1) is 11.3 Å². The number of nitrogens with one attached hydrogen (secondary N) is 1. The number of benzene rings is 1. The van der Waals surface area contributed by atoms with Crippen molar-refractivity contribution in [2.24, 2.45) is 0 Å². The molecule has 0 radical (unpaired) electrons. The van der Waals surface area contributed by atoms with Crippen molar-refractivity contribution in [3.05, 3.63) is 57.8 Å². The van der Waals surface area contributed by atoms with Gasteiger partial charge >= 0.3 is 0 Å². The summed E-state index contributed by atoms with van der Waals surface area (Å²) in [5, 5.41) is 17.4. The van der Waals surface area contributed by atoms with Crippen molar-refractivity contribution >= 4 is 34.7 Å². The zero-order chi connectivity index (χ0) is 14.8. The monoisotopic (exact) mass is 317 g/mol. The summed E-state index contributed by atoms with van der Waals surface area (Å²) in [5.74, 6) is 0.659. The predicted molar refractivity (Wildman–Crippen MR) is 81.5 cm³/mol. The molecular formula is C14H9Cl2N5. The second kappa shape index (κ2) is 5.60. The van der Waals surface area contributed by atoms with E-state index in [0.717, 1.165) is 5.56 Å². The van der Waals surface area contributed by atoms with Crippen molar-refractivity contribution in [1.82, 2.24) is 14.6 Å². The Bertz CT molecular complexity index is 850. The maximum Gasteiger partial charge on any atom is 0.176 e. The highest BCUT2D eigenvalue weighted by atomic mass is 35.5. The second-order valence-corrected chi connectivity index (χ2v) is 5.18. The Kier molecular flexibility index (Phi) is 3.65. The summed E-state index contributed by atoms with van der Waals surface area (Å²) in [6, 6.07) is 11.2. The van der Waals surface area contributed by atoms with E-state index in [1.807, 2.05) is 30.3 Å². The summed E-state index contributed by atoms with van der Waals surface area (Å²) in [6.07, 6.45) is 1.46. The lowest BCUT2D eigenvalue weighted by molar-refractivity contribution is 0.925. The molecule has 3 rings (SSSR count). The van der Waals surface area contributed by atoms with E-state index < -0.39 is 0 Å². The first-order chi connectivity index (χ1) is 10.2. The van der Waals surface area contributed by atoms with Crippen LogP contribution in [0.15, 0.2) is 36.5 Å². The van der Waals surface area contributed by atoms with Gasteiger partial charge < -0.3 is 5.32 Å². The molecule has 0 saturated carbocycles. The van der Waals surface area contributed by atoms with Crippen molar-refractivity contribution in [3.63, 3.8) is 0 Å². The van der Waals surface area contributed by atoms with Gasteiger partial charge in [0, 0.05) is 17.6 Å². The average molecular weight is 318 g/mol. The second-order valence-electron chi connectivity index (χ2n) is 4.35. The number of hydrogen-bond donors (Lipinski definition) is 1. The molecule has 0 aliphatic carbocycles. The van der Waals surface area contributed by atoms with E-state index >= 15 is 0 Å². The molecule has 0 amide bonds. The number of rotatable bonds is 3. The van der Waals surface area contributed by atoms with Crippen LogP contribution < -0.4 is 5.32 Å². The van der Waals surface area contributed by atoms with Crippen molar-refractivity contribution in [3.8, 4) is 6.07 Å². The molecular weight excluding hydrogens is 309 g/mol. The molecule has 5 nitrogen and oxygen atoms in total. The van der Waals surface area contributed by atoms with Gasteiger partial charge in [-0.15, -0.1) is 0 Å². The van der Waals surface area contributed by atoms with E-state index in [4.69, 9.17) is 28.5 Å². The van der Waals surface area contributed by atoms with Crippen LogP contribution >= 0.6 is 23.2 Å². The Hall–Kier alpha value is -2.29. The lowest BCUT2D eigenvalue weighted by atomic mass is 10.2. The lowest BCUT2D eigenvalue weighted by Crippen LogP contribution is -2.06. The SMILES string of the molecule is N#Cc1cnn2c(NCc3cccc(Cl)c3)cc(Cl)nc12. The molecule has 2 heterocycles. The normalized spacial score (nSPS) is 10.5. The number of aromatic nitrogens is 3. The third-order valence-corrected chi connectivity index (χ3v) is 3.35. The molecule has 0 saturated heterocycles. The minimum absolute atomic E-state index is 0.299. The number of nitriles is 1. The van der Waals surface area contributed by atoms with Gasteiger partial charge in [-0.25, -0.2) is 4.98 Å². The molecule has 0 aliphatic heterocycles. The molecule has 0 aliphatic rings. The fraction of sp³-hybridized carbons (Fsp3) is 0.0714. The number of anilines is 1. The van der Waals surface area contributed by atoms with Crippen LogP contribution in [0.4, 0.5) is 5.82 Å². The topological polar surface area (TPSA) is 66.0 Å². The van der Waals surface area contributed by atoms with E-state index in [-0.39, 0.29) is 0 Å². The summed E-state index contributed by atoms with van der Waals surface area (Å²) in [6.45, 7) is 0.553. The smallest absolute Gasteiger partial charge is 0.176 e. The van der Waals surface area contributed by atoms with E-state index in [0.29, 0.717) is 33.7 Å². The molecule has 0 spiro atoms.